The standard InChI is InChI=1S/C23H20Br2FNO/c1-28-19-4-2-3-15(11-19)5-8-18(26)14-27-22-9-6-16(24)12-20(22)21-13-17(25)7-10-23(21)27/h2-4,6-7,9-13,18H,5,8,14H2,1H3. The van der Waals surface area contributed by atoms with Gasteiger partial charge in [-0.05, 0) is 66.9 Å². The number of aryl methyl sites for hydroxylation is 1. The lowest BCUT2D eigenvalue weighted by Gasteiger charge is -2.13. The van der Waals surface area contributed by atoms with Gasteiger partial charge in [0.15, 0.2) is 0 Å². The normalized spacial score (nSPS) is 12.6. The van der Waals surface area contributed by atoms with Crippen molar-refractivity contribution in [1.29, 1.82) is 0 Å². The molecule has 0 aliphatic rings. The number of benzene rings is 3. The molecule has 1 unspecified atom stereocenters. The zero-order chi connectivity index (χ0) is 19.7. The van der Waals surface area contributed by atoms with E-state index in [-0.39, 0.29) is 0 Å². The fraction of sp³-hybridized carbons (Fsp3) is 0.217. The summed E-state index contributed by atoms with van der Waals surface area (Å²) in [5.41, 5.74) is 3.21. The molecule has 0 saturated carbocycles. The van der Waals surface area contributed by atoms with Crippen LogP contribution in [0.15, 0.2) is 69.6 Å². The van der Waals surface area contributed by atoms with Gasteiger partial charge in [0.1, 0.15) is 11.9 Å². The minimum absolute atomic E-state index is 0.341. The van der Waals surface area contributed by atoms with Gasteiger partial charge in [0.2, 0.25) is 0 Å². The highest BCUT2D eigenvalue weighted by molar-refractivity contribution is 9.10. The largest absolute Gasteiger partial charge is 0.497 e. The SMILES string of the molecule is COc1cccc(CCC(F)Cn2c3ccc(Br)cc3c3cc(Br)ccc32)c1. The Morgan fingerprint density at radius 1 is 0.929 bits per heavy atom. The molecule has 0 saturated heterocycles. The molecule has 0 N–H and O–H groups in total. The Morgan fingerprint density at radius 3 is 2.18 bits per heavy atom. The molecule has 0 amide bonds. The highest BCUT2D eigenvalue weighted by Gasteiger charge is 2.15. The Hall–Kier alpha value is -1.85. The number of fused-ring (bicyclic) bond motifs is 3. The van der Waals surface area contributed by atoms with Crippen LogP contribution in [-0.2, 0) is 13.0 Å². The van der Waals surface area contributed by atoms with Gasteiger partial charge in [0.25, 0.3) is 0 Å². The molecular formula is C23H20Br2FNO. The van der Waals surface area contributed by atoms with Crippen LogP contribution in [0.3, 0.4) is 0 Å². The fourth-order valence-corrected chi connectivity index (χ4v) is 4.41. The van der Waals surface area contributed by atoms with Crippen LogP contribution < -0.4 is 4.74 Å². The molecule has 4 aromatic rings. The van der Waals surface area contributed by atoms with E-state index in [4.69, 9.17) is 4.74 Å². The Labute approximate surface area is 180 Å². The summed E-state index contributed by atoms with van der Waals surface area (Å²) in [6.45, 7) is 0.341. The van der Waals surface area contributed by atoms with E-state index < -0.39 is 6.17 Å². The van der Waals surface area contributed by atoms with E-state index in [9.17, 15) is 4.39 Å². The molecule has 3 aromatic carbocycles. The first-order valence-corrected chi connectivity index (χ1v) is 10.8. The van der Waals surface area contributed by atoms with Crippen LogP contribution in [-0.4, -0.2) is 17.8 Å². The molecule has 1 heterocycles. The second-order valence-electron chi connectivity index (χ2n) is 6.92. The van der Waals surface area contributed by atoms with Crippen LogP contribution in [0.4, 0.5) is 4.39 Å². The monoisotopic (exact) mass is 503 g/mol. The van der Waals surface area contributed by atoms with Gasteiger partial charge in [-0.2, -0.15) is 0 Å². The van der Waals surface area contributed by atoms with E-state index in [0.717, 1.165) is 42.1 Å². The molecule has 0 spiro atoms. The summed E-state index contributed by atoms with van der Waals surface area (Å²) >= 11 is 7.11. The molecule has 2 nitrogen and oxygen atoms in total. The van der Waals surface area contributed by atoms with E-state index in [2.05, 4.69) is 60.7 Å². The van der Waals surface area contributed by atoms with Gasteiger partial charge in [-0.15, -0.1) is 0 Å². The topological polar surface area (TPSA) is 14.2 Å². The van der Waals surface area contributed by atoms with Crippen LogP contribution in [0.1, 0.15) is 12.0 Å². The molecule has 5 heteroatoms. The van der Waals surface area contributed by atoms with Crippen LogP contribution >= 0.6 is 31.9 Å². The Bertz CT molecular complexity index is 1080. The number of ether oxygens (including phenoxy) is 1. The van der Waals surface area contributed by atoms with Gasteiger partial charge < -0.3 is 9.30 Å². The average molecular weight is 505 g/mol. The summed E-state index contributed by atoms with van der Waals surface area (Å²) in [6.07, 6.45) is 0.228. The van der Waals surface area contributed by atoms with Crippen molar-refractivity contribution >= 4 is 53.7 Å². The second-order valence-corrected chi connectivity index (χ2v) is 8.75. The first-order valence-electron chi connectivity index (χ1n) is 9.19. The number of rotatable bonds is 6. The molecule has 0 fully saturated rings. The van der Waals surface area contributed by atoms with Crippen LogP contribution in [0.25, 0.3) is 21.8 Å². The molecule has 4 rings (SSSR count). The van der Waals surface area contributed by atoms with E-state index in [0.29, 0.717) is 19.4 Å². The van der Waals surface area contributed by atoms with Gasteiger partial charge >= 0.3 is 0 Å². The summed E-state index contributed by atoms with van der Waals surface area (Å²) in [6, 6.07) is 20.2. The Balaban J connectivity index is 1.61. The minimum atomic E-state index is -0.933. The average Bonchev–Trinajstić information content (AvgIpc) is 2.99. The Kier molecular flexibility index (Phi) is 5.74. The van der Waals surface area contributed by atoms with Crippen molar-refractivity contribution in [2.75, 3.05) is 7.11 Å². The van der Waals surface area contributed by atoms with Crippen molar-refractivity contribution in [1.82, 2.24) is 4.57 Å². The summed E-state index contributed by atoms with van der Waals surface area (Å²) in [4.78, 5) is 0. The summed E-state index contributed by atoms with van der Waals surface area (Å²) in [7, 11) is 1.65. The smallest absolute Gasteiger partial charge is 0.119 e. The van der Waals surface area contributed by atoms with Crippen molar-refractivity contribution in [2.45, 2.75) is 25.6 Å². The number of alkyl halides is 1. The van der Waals surface area contributed by atoms with Gasteiger partial charge in [0, 0.05) is 30.8 Å². The predicted octanol–water partition coefficient (Wildman–Crippen LogP) is 7.30. The molecular weight excluding hydrogens is 485 g/mol. The minimum Gasteiger partial charge on any atom is -0.497 e. The number of nitrogens with zero attached hydrogens (tertiary/aromatic N) is 1. The zero-order valence-electron chi connectivity index (χ0n) is 15.5. The third-order valence-corrected chi connectivity index (χ3v) is 6.04. The van der Waals surface area contributed by atoms with E-state index in [1.807, 2.05) is 36.4 Å². The zero-order valence-corrected chi connectivity index (χ0v) is 18.6. The maximum Gasteiger partial charge on any atom is 0.119 e. The molecule has 1 atom stereocenters. The number of aromatic nitrogens is 1. The van der Waals surface area contributed by atoms with E-state index >= 15 is 0 Å². The fourth-order valence-electron chi connectivity index (χ4n) is 3.69. The van der Waals surface area contributed by atoms with E-state index in [1.54, 1.807) is 7.11 Å². The van der Waals surface area contributed by atoms with Crippen LogP contribution in [0.5, 0.6) is 5.75 Å². The number of hydrogen-bond donors (Lipinski definition) is 0. The summed E-state index contributed by atoms with van der Waals surface area (Å²) in [5, 5.41) is 2.26. The number of halogens is 3. The van der Waals surface area contributed by atoms with Gasteiger partial charge in [0.05, 0.1) is 13.7 Å². The van der Waals surface area contributed by atoms with Crippen LogP contribution in [0, 0.1) is 0 Å². The molecule has 0 aliphatic heterocycles. The van der Waals surface area contributed by atoms with Crippen molar-refractivity contribution in [3.8, 4) is 5.75 Å². The highest BCUT2D eigenvalue weighted by Crippen LogP contribution is 2.33. The lowest BCUT2D eigenvalue weighted by atomic mass is 10.1. The van der Waals surface area contributed by atoms with Crippen molar-refractivity contribution in [3.63, 3.8) is 0 Å². The van der Waals surface area contributed by atoms with Gasteiger partial charge in [-0.3, -0.25) is 0 Å². The summed E-state index contributed by atoms with van der Waals surface area (Å²) < 4.78 is 24.4. The van der Waals surface area contributed by atoms with Crippen molar-refractivity contribution in [2.24, 2.45) is 0 Å². The molecule has 1 aromatic heterocycles. The van der Waals surface area contributed by atoms with Crippen molar-refractivity contribution < 1.29 is 9.13 Å². The molecule has 28 heavy (non-hydrogen) atoms. The lowest BCUT2D eigenvalue weighted by Crippen LogP contribution is -2.12. The maximum atomic E-state index is 15.0. The quantitative estimate of drug-likeness (QED) is 0.268. The second kappa shape index (κ2) is 8.26. The van der Waals surface area contributed by atoms with Gasteiger partial charge in [-0.1, -0.05) is 44.0 Å². The predicted molar refractivity (Wildman–Crippen MR) is 121 cm³/mol. The summed E-state index contributed by atoms with van der Waals surface area (Å²) in [5.74, 6) is 0.812. The molecule has 0 radical (unpaired) electrons. The van der Waals surface area contributed by atoms with Crippen molar-refractivity contribution in [3.05, 3.63) is 75.2 Å². The third-order valence-electron chi connectivity index (χ3n) is 5.05. The van der Waals surface area contributed by atoms with E-state index in [1.165, 1.54) is 0 Å². The third kappa shape index (κ3) is 3.96. The Morgan fingerprint density at radius 2 is 1.57 bits per heavy atom. The molecule has 0 aliphatic carbocycles. The molecule has 144 valence electrons. The lowest BCUT2D eigenvalue weighted by molar-refractivity contribution is 0.284. The first kappa shape index (κ1) is 19.5. The van der Waals surface area contributed by atoms with Gasteiger partial charge in [-0.25, -0.2) is 4.39 Å². The number of hydrogen-bond acceptors (Lipinski definition) is 1. The highest BCUT2D eigenvalue weighted by atomic mass is 79.9. The maximum absolute atomic E-state index is 15.0. The first-order chi connectivity index (χ1) is 13.5. The molecule has 0 bridgehead atoms. The number of methoxy groups -OCH3 is 1. The van der Waals surface area contributed by atoms with Crippen LogP contribution in [0.2, 0.25) is 0 Å².